The zero-order valence-electron chi connectivity index (χ0n) is 10.5. The van der Waals surface area contributed by atoms with Crippen LogP contribution < -0.4 is 0 Å². The van der Waals surface area contributed by atoms with Crippen LogP contribution in [-0.2, 0) is 9.53 Å². The molecule has 110 valence electrons. The fourth-order valence-electron chi connectivity index (χ4n) is 2.04. The van der Waals surface area contributed by atoms with Crippen LogP contribution in [0.2, 0.25) is 0 Å². The van der Waals surface area contributed by atoms with Crippen LogP contribution in [0.3, 0.4) is 0 Å². The van der Waals surface area contributed by atoms with E-state index >= 15 is 0 Å². The maximum atomic E-state index is 11.4. The Labute approximate surface area is 120 Å². The summed E-state index contributed by atoms with van der Waals surface area (Å²) >= 11 is 0.922. The number of aliphatic hydroxyl groups is 4. The van der Waals surface area contributed by atoms with Gasteiger partial charge in [0.1, 0.15) is 24.4 Å². The molecule has 1 aromatic carbocycles. The third-order valence-electron chi connectivity index (χ3n) is 3.17. The molecule has 20 heavy (non-hydrogen) atoms. The molecule has 6 nitrogen and oxygen atoms in total. The highest BCUT2D eigenvalue weighted by Gasteiger charge is 2.54. The second-order valence-electron chi connectivity index (χ2n) is 4.52. The Morgan fingerprint density at radius 1 is 1.20 bits per heavy atom. The standard InChI is InChI=1S/C13H16O6S/c14-6-9-10(16)11(17)12(18)13(7-15,19-9)20-8-4-2-1-3-5-8/h1-5,7,9-12,14,16-18H,6H2/t9-,10+,11+,12-,13-/m1/s1. The summed E-state index contributed by atoms with van der Waals surface area (Å²) < 4.78 is 5.36. The molecule has 0 saturated carbocycles. The molecule has 5 atom stereocenters. The van der Waals surface area contributed by atoms with Gasteiger partial charge in [-0.1, -0.05) is 30.0 Å². The fourth-order valence-corrected chi connectivity index (χ4v) is 3.19. The van der Waals surface area contributed by atoms with Crippen LogP contribution in [0, 0.1) is 0 Å². The Bertz CT molecular complexity index is 453. The summed E-state index contributed by atoms with van der Waals surface area (Å²) in [4.78, 5) is 10.3. The molecule has 1 heterocycles. The van der Waals surface area contributed by atoms with Crippen LogP contribution in [0.15, 0.2) is 35.2 Å². The summed E-state index contributed by atoms with van der Waals surface area (Å²) in [6.45, 7) is -0.574. The van der Waals surface area contributed by atoms with Crippen LogP contribution in [0.4, 0.5) is 0 Å². The first kappa shape index (κ1) is 15.4. The molecule has 1 aliphatic rings. The zero-order chi connectivity index (χ0) is 14.8. The highest BCUT2D eigenvalue weighted by atomic mass is 32.2. The summed E-state index contributed by atoms with van der Waals surface area (Å²) in [7, 11) is 0. The van der Waals surface area contributed by atoms with Gasteiger partial charge in [-0.25, -0.2) is 0 Å². The van der Waals surface area contributed by atoms with Gasteiger partial charge in [0, 0.05) is 4.90 Å². The smallest absolute Gasteiger partial charge is 0.202 e. The van der Waals surface area contributed by atoms with E-state index in [2.05, 4.69) is 0 Å². The lowest BCUT2D eigenvalue weighted by molar-refractivity contribution is -0.232. The van der Waals surface area contributed by atoms with E-state index in [1.165, 1.54) is 0 Å². The molecule has 2 rings (SSSR count). The molecule has 7 heteroatoms. The van der Waals surface area contributed by atoms with Crippen LogP contribution >= 0.6 is 11.8 Å². The molecule has 1 aromatic rings. The minimum Gasteiger partial charge on any atom is -0.394 e. The van der Waals surface area contributed by atoms with Gasteiger partial charge in [-0.05, 0) is 12.1 Å². The van der Waals surface area contributed by atoms with E-state index in [-0.39, 0.29) is 0 Å². The van der Waals surface area contributed by atoms with Crippen molar-refractivity contribution >= 4 is 18.0 Å². The largest absolute Gasteiger partial charge is 0.394 e. The first-order valence-electron chi connectivity index (χ1n) is 6.07. The predicted octanol–water partition coefficient (Wildman–Crippen LogP) is -0.852. The van der Waals surface area contributed by atoms with Crippen LogP contribution in [0.25, 0.3) is 0 Å². The molecule has 0 unspecified atom stereocenters. The number of hydrogen-bond donors (Lipinski definition) is 4. The number of rotatable bonds is 4. The normalized spacial score (nSPS) is 37.6. The fraction of sp³-hybridized carbons (Fsp3) is 0.462. The van der Waals surface area contributed by atoms with Gasteiger partial charge in [-0.3, -0.25) is 4.79 Å². The second-order valence-corrected chi connectivity index (χ2v) is 5.83. The Hall–Kier alpha value is -0.960. The summed E-state index contributed by atoms with van der Waals surface area (Å²) in [6, 6.07) is 8.75. The van der Waals surface area contributed by atoms with Crippen LogP contribution in [-0.4, -0.2) is 62.7 Å². The molecule has 0 spiro atoms. The Balaban J connectivity index is 2.30. The Morgan fingerprint density at radius 3 is 2.40 bits per heavy atom. The molecule has 4 N–H and O–H groups in total. The van der Waals surface area contributed by atoms with Crippen molar-refractivity contribution in [3.63, 3.8) is 0 Å². The van der Waals surface area contributed by atoms with Gasteiger partial charge in [0.25, 0.3) is 0 Å². The number of aldehydes is 1. The van der Waals surface area contributed by atoms with E-state index in [4.69, 9.17) is 9.84 Å². The van der Waals surface area contributed by atoms with E-state index in [9.17, 15) is 20.1 Å². The Morgan fingerprint density at radius 2 is 1.85 bits per heavy atom. The minimum absolute atomic E-state index is 0.382. The van der Waals surface area contributed by atoms with Crippen LogP contribution in [0.1, 0.15) is 0 Å². The average Bonchev–Trinajstić information content (AvgIpc) is 2.49. The van der Waals surface area contributed by atoms with Crippen molar-refractivity contribution in [1.29, 1.82) is 0 Å². The lowest BCUT2D eigenvalue weighted by atomic mass is 9.95. The quantitative estimate of drug-likeness (QED) is 0.536. The molecule has 0 amide bonds. The summed E-state index contributed by atoms with van der Waals surface area (Å²) in [5, 5.41) is 38.7. The monoisotopic (exact) mass is 300 g/mol. The first-order valence-corrected chi connectivity index (χ1v) is 6.89. The highest BCUT2D eigenvalue weighted by Crippen LogP contribution is 2.41. The molecular weight excluding hydrogens is 284 g/mol. The van der Waals surface area contributed by atoms with Gasteiger partial charge in [0.05, 0.1) is 6.61 Å². The molecule has 0 aliphatic carbocycles. The summed E-state index contributed by atoms with van der Waals surface area (Å²) in [6.07, 6.45) is -5.41. The highest BCUT2D eigenvalue weighted by molar-refractivity contribution is 8.01. The van der Waals surface area contributed by atoms with Crippen molar-refractivity contribution in [2.45, 2.75) is 34.2 Å². The molecule has 0 radical (unpaired) electrons. The van der Waals surface area contributed by atoms with Crippen molar-refractivity contribution in [2.24, 2.45) is 0 Å². The van der Waals surface area contributed by atoms with E-state index in [1.807, 2.05) is 0 Å². The summed E-state index contributed by atoms with van der Waals surface area (Å²) in [5.41, 5.74) is 0. The average molecular weight is 300 g/mol. The third kappa shape index (κ3) is 2.73. The number of ether oxygens (including phenoxy) is 1. The number of benzene rings is 1. The molecule has 1 saturated heterocycles. The van der Waals surface area contributed by atoms with Gasteiger partial charge in [-0.15, -0.1) is 0 Å². The number of thioether (sulfide) groups is 1. The number of carbonyl (C=O) groups is 1. The minimum atomic E-state index is -1.77. The van der Waals surface area contributed by atoms with Crippen molar-refractivity contribution in [3.8, 4) is 0 Å². The molecule has 1 fully saturated rings. The predicted molar refractivity (Wildman–Crippen MR) is 71.1 cm³/mol. The van der Waals surface area contributed by atoms with Crippen molar-refractivity contribution in [2.75, 3.05) is 6.61 Å². The van der Waals surface area contributed by atoms with Gasteiger partial charge in [-0.2, -0.15) is 0 Å². The van der Waals surface area contributed by atoms with E-state index in [0.29, 0.717) is 11.2 Å². The molecular formula is C13H16O6S. The van der Waals surface area contributed by atoms with Crippen LogP contribution in [0.5, 0.6) is 0 Å². The van der Waals surface area contributed by atoms with Gasteiger partial charge in [0.15, 0.2) is 6.29 Å². The maximum Gasteiger partial charge on any atom is 0.202 e. The third-order valence-corrected chi connectivity index (χ3v) is 4.43. The van der Waals surface area contributed by atoms with Gasteiger partial charge < -0.3 is 25.2 Å². The maximum absolute atomic E-state index is 11.4. The van der Waals surface area contributed by atoms with Gasteiger partial charge in [0.2, 0.25) is 4.93 Å². The number of aliphatic hydroxyl groups excluding tert-OH is 4. The lowest BCUT2D eigenvalue weighted by Gasteiger charge is -2.45. The molecule has 1 aliphatic heterocycles. The van der Waals surface area contributed by atoms with Gasteiger partial charge >= 0.3 is 0 Å². The topological polar surface area (TPSA) is 107 Å². The SMILES string of the molecule is O=C[C@]1(Sc2ccccc2)O[C@H](CO)[C@H](O)[C@H](O)[C@H]1O. The number of hydrogen-bond acceptors (Lipinski definition) is 7. The van der Waals surface area contributed by atoms with Crippen molar-refractivity contribution < 1.29 is 30.0 Å². The van der Waals surface area contributed by atoms with E-state index in [0.717, 1.165) is 11.8 Å². The van der Waals surface area contributed by atoms with E-state index < -0.39 is 36.0 Å². The zero-order valence-corrected chi connectivity index (χ0v) is 11.3. The van der Waals surface area contributed by atoms with Crippen molar-refractivity contribution in [3.05, 3.63) is 30.3 Å². The summed E-state index contributed by atoms with van der Waals surface area (Å²) in [5.74, 6) is 0. The van der Waals surface area contributed by atoms with Crippen molar-refractivity contribution in [1.82, 2.24) is 0 Å². The Kier molecular flexibility index (Phi) is 4.79. The second kappa shape index (κ2) is 6.21. The number of carbonyl (C=O) groups excluding carboxylic acids is 1. The lowest BCUT2D eigenvalue weighted by Crippen LogP contribution is -2.64. The first-order chi connectivity index (χ1) is 9.54. The molecule has 0 aromatic heterocycles. The molecule has 0 bridgehead atoms. The van der Waals surface area contributed by atoms with E-state index in [1.54, 1.807) is 30.3 Å².